The minimum Gasteiger partial charge on any atom is -0.369 e. The van der Waals surface area contributed by atoms with Crippen LogP contribution in [0.25, 0.3) is 0 Å². The molecule has 0 aliphatic carbocycles. The Labute approximate surface area is 153 Å². The van der Waals surface area contributed by atoms with Gasteiger partial charge in [-0.05, 0) is 42.3 Å². The summed E-state index contributed by atoms with van der Waals surface area (Å²) in [7, 11) is -3.52. The number of anilines is 2. The number of benzene rings is 2. The van der Waals surface area contributed by atoms with Gasteiger partial charge in [0.15, 0.2) is 0 Å². The monoisotopic (exact) mass is 371 g/mol. The van der Waals surface area contributed by atoms with Crippen molar-refractivity contribution < 1.29 is 13.2 Å². The summed E-state index contributed by atoms with van der Waals surface area (Å²) in [5.41, 5.74) is 2.72. The third-order valence-corrected chi connectivity index (χ3v) is 6.86. The first kappa shape index (κ1) is 17.1. The third kappa shape index (κ3) is 3.20. The van der Waals surface area contributed by atoms with Gasteiger partial charge in [-0.3, -0.25) is 4.79 Å². The van der Waals surface area contributed by atoms with Crippen LogP contribution in [0.5, 0.6) is 0 Å². The molecule has 136 valence electrons. The van der Waals surface area contributed by atoms with E-state index in [4.69, 9.17) is 0 Å². The van der Waals surface area contributed by atoms with Crippen molar-refractivity contribution in [1.82, 2.24) is 4.31 Å². The molecule has 1 fully saturated rings. The Kier molecular flexibility index (Phi) is 4.42. The van der Waals surface area contributed by atoms with Crippen LogP contribution in [-0.2, 0) is 21.2 Å². The van der Waals surface area contributed by atoms with Gasteiger partial charge in [-0.2, -0.15) is 4.31 Å². The Morgan fingerprint density at radius 3 is 2.35 bits per heavy atom. The number of nitrogens with zero attached hydrogens (tertiary/aromatic N) is 2. The van der Waals surface area contributed by atoms with E-state index in [1.54, 1.807) is 22.5 Å². The van der Waals surface area contributed by atoms with Crippen LogP contribution in [0.3, 0.4) is 0 Å². The molecule has 1 saturated heterocycles. The van der Waals surface area contributed by atoms with Crippen LogP contribution in [0.1, 0.15) is 12.0 Å². The summed E-state index contributed by atoms with van der Waals surface area (Å²) in [6, 6.07) is 15.0. The number of carbonyl (C=O) groups excluding carboxylic acids is 1. The summed E-state index contributed by atoms with van der Waals surface area (Å²) in [5.74, 6) is -0.0230. The summed E-state index contributed by atoms with van der Waals surface area (Å²) >= 11 is 0. The highest BCUT2D eigenvalue weighted by Gasteiger charge is 2.29. The van der Waals surface area contributed by atoms with Gasteiger partial charge >= 0.3 is 0 Å². The molecule has 4 rings (SSSR count). The maximum absolute atomic E-state index is 13.0. The zero-order valence-corrected chi connectivity index (χ0v) is 15.2. The van der Waals surface area contributed by atoms with E-state index in [0.29, 0.717) is 49.6 Å². The first-order valence-electron chi connectivity index (χ1n) is 8.77. The zero-order chi connectivity index (χ0) is 18.1. The quantitative estimate of drug-likeness (QED) is 0.897. The number of rotatable bonds is 3. The SMILES string of the molecule is O=C1CCc2cc(S(=O)(=O)N3CCN(c4ccccc4)CC3)ccc2N1. The number of amides is 1. The van der Waals surface area contributed by atoms with Gasteiger partial charge in [-0.25, -0.2) is 8.42 Å². The molecule has 2 aromatic rings. The van der Waals surface area contributed by atoms with E-state index in [1.165, 1.54) is 0 Å². The first-order valence-corrected chi connectivity index (χ1v) is 10.2. The Hall–Kier alpha value is -2.38. The van der Waals surface area contributed by atoms with Crippen molar-refractivity contribution in [2.24, 2.45) is 0 Å². The Balaban J connectivity index is 1.50. The molecule has 0 unspecified atom stereocenters. The van der Waals surface area contributed by atoms with Crippen molar-refractivity contribution in [3.05, 3.63) is 54.1 Å². The number of para-hydroxylation sites is 1. The molecular formula is C19H21N3O3S. The molecule has 2 heterocycles. The third-order valence-electron chi connectivity index (χ3n) is 4.97. The predicted octanol–water partition coefficient (Wildman–Crippen LogP) is 2.08. The second-order valence-corrected chi connectivity index (χ2v) is 8.53. The normalized spacial score (nSPS) is 18.3. The van der Waals surface area contributed by atoms with E-state index in [2.05, 4.69) is 10.2 Å². The van der Waals surface area contributed by atoms with E-state index in [-0.39, 0.29) is 5.91 Å². The highest BCUT2D eigenvalue weighted by Crippen LogP contribution is 2.28. The molecule has 0 atom stereocenters. The molecule has 0 bridgehead atoms. The van der Waals surface area contributed by atoms with Crippen molar-refractivity contribution in [2.45, 2.75) is 17.7 Å². The van der Waals surface area contributed by atoms with Gasteiger partial charge in [0.2, 0.25) is 15.9 Å². The maximum atomic E-state index is 13.0. The van der Waals surface area contributed by atoms with Gasteiger partial charge in [0.25, 0.3) is 0 Å². The fourth-order valence-electron chi connectivity index (χ4n) is 3.49. The lowest BCUT2D eigenvalue weighted by Crippen LogP contribution is -2.48. The first-order chi connectivity index (χ1) is 12.5. The number of carbonyl (C=O) groups is 1. The summed E-state index contributed by atoms with van der Waals surface area (Å²) in [6.45, 7) is 2.27. The number of piperazine rings is 1. The number of hydrogen-bond acceptors (Lipinski definition) is 4. The molecule has 1 N–H and O–H groups in total. The summed E-state index contributed by atoms with van der Waals surface area (Å²) in [4.78, 5) is 14.0. The van der Waals surface area contributed by atoms with Crippen LogP contribution in [0, 0.1) is 0 Å². The Bertz CT molecular complexity index is 920. The topological polar surface area (TPSA) is 69.7 Å². The largest absolute Gasteiger partial charge is 0.369 e. The lowest BCUT2D eigenvalue weighted by molar-refractivity contribution is -0.116. The second-order valence-electron chi connectivity index (χ2n) is 6.59. The molecule has 7 heteroatoms. The van der Waals surface area contributed by atoms with Crippen LogP contribution in [0.15, 0.2) is 53.4 Å². The molecule has 1 amide bonds. The molecular weight excluding hydrogens is 350 g/mol. The second kappa shape index (κ2) is 6.74. The van der Waals surface area contributed by atoms with Crippen molar-refractivity contribution in [1.29, 1.82) is 0 Å². The molecule has 0 radical (unpaired) electrons. The Morgan fingerprint density at radius 2 is 1.62 bits per heavy atom. The summed E-state index contributed by atoms with van der Waals surface area (Å²) < 4.78 is 27.6. The van der Waals surface area contributed by atoms with Crippen molar-refractivity contribution in [2.75, 3.05) is 36.4 Å². The lowest BCUT2D eigenvalue weighted by atomic mass is 10.0. The van der Waals surface area contributed by atoms with Crippen LogP contribution in [0.4, 0.5) is 11.4 Å². The van der Waals surface area contributed by atoms with E-state index in [1.807, 2.05) is 30.3 Å². The molecule has 0 saturated carbocycles. The molecule has 2 aromatic carbocycles. The van der Waals surface area contributed by atoms with Crippen molar-refractivity contribution in [3.8, 4) is 0 Å². The highest BCUT2D eigenvalue weighted by atomic mass is 32.2. The van der Waals surface area contributed by atoms with Crippen LogP contribution >= 0.6 is 0 Å². The standard InChI is InChI=1S/C19H21N3O3S/c23-19-9-6-15-14-17(7-8-18(15)20-19)26(24,25)22-12-10-21(11-13-22)16-4-2-1-3-5-16/h1-5,7-8,14H,6,9-13H2,(H,20,23). The van der Waals surface area contributed by atoms with E-state index < -0.39 is 10.0 Å². The minimum atomic E-state index is -3.52. The van der Waals surface area contributed by atoms with Crippen molar-refractivity contribution >= 4 is 27.3 Å². The average Bonchev–Trinajstić information content (AvgIpc) is 2.68. The van der Waals surface area contributed by atoms with E-state index in [0.717, 1.165) is 11.3 Å². The number of sulfonamides is 1. The van der Waals surface area contributed by atoms with Crippen molar-refractivity contribution in [3.63, 3.8) is 0 Å². The molecule has 0 spiro atoms. The fraction of sp³-hybridized carbons (Fsp3) is 0.316. The van der Waals surface area contributed by atoms with Crippen LogP contribution in [0.2, 0.25) is 0 Å². The fourth-order valence-corrected chi connectivity index (χ4v) is 4.97. The van der Waals surface area contributed by atoms with Gasteiger partial charge < -0.3 is 10.2 Å². The summed E-state index contributed by atoms with van der Waals surface area (Å²) in [5, 5.41) is 2.79. The summed E-state index contributed by atoms with van der Waals surface area (Å²) in [6.07, 6.45) is 0.971. The molecule has 0 aromatic heterocycles. The van der Waals surface area contributed by atoms with Gasteiger partial charge in [0.05, 0.1) is 4.90 Å². The van der Waals surface area contributed by atoms with Gasteiger partial charge in [-0.15, -0.1) is 0 Å². The van der Waals surface area contributed by atoms with E-state index >= 15 is 0 Å². The highest BCUT2D eigenvalue weighted by molar-refractivity contribution is 7.89. The minimum absolute atomic E-state index is 0.0230. The molecule has 2 aliphatic heterocycles. The van der Waals surface area contributed by atoms with Gasteiger partial charge in [-0.1, -0.05) is 18.2 Å². The maximum Gasteiger partial charge on any atom is 0.243 e. The predicted molar refractivity (Wildman–Crippen MR) is 101 cm³/mol. The van der Waals surface area contributed by atoms with Crippen LogP contribution in [-0.4, -0.2) is 44.8 Å². The molecule has 6 nitrogen and oxygen atoms in total. The van der Waals surface area contributed by atoms with Gasteiger partial charge in [0.1, 0.15) is 0 Å². The van der Waals surface area contributed by atoms with Gasteiger partial charge in [0, 0.05) is 44.0 Å². The molecule has 2 aliphatic rings. The average molecular weight is 371 g/mol. The lowest BCUT2D eigenvalue weighted by Gasteiger charge is -2.35. The Morgan fingerprint density at radius 1 is 0.885 bits per heavy atom. The molecule has 26 heavy (non-hydrogen) atoms. The number of fused-ring (bicyclic) bond motifs is 1. The zero-order valence-electron chi connectivity index (χ0n) is 14.4. The van der Waals surface area contributed by atoms with Crippen LogP contribution < -0.4 is 10.2 Å². The smallest absolute Gasteiger partial charge is 0.243 e. The number of hydrogen-bond donors (Lipinski definition) is 1. The number of aryl methyl sites for hydroxylation is 1. The van der Waals surface area contributed by atoms with E-state index in [9.17, 15) is 13.2 Å². The number of nitrogens with one attached hydrogen (secondary N) is 1.